The number of halogens is 4. The van der Waals surface area contributed by atoms with Crippen LogP contribution in [0.25, 0.3) is 0 Å². The molecule has 1 unspecified atom stereocenters. The van der Waals surface area contributed by atoms with E-state index in [0.29, 0.717) is 0 Å². The number of aryl methyl sites for hydroxylation is 1. The SMILES string of the molecule is Cc1ncsc1C(C)Nc1cc(C(F)(F)F)ccc1Cl. The first-order valence-corrected chi connectivity index (χ1v) is 7.08. The summed E-state index contributed by atoms with van der Waals surface area (Å²) in [4.78, 5) is 5.09. The number of nitrogens with one attached hydrogen (secondary N) is 1. The van der Waals surface area contributed by atoms with Crippen molar-refractivity contribution in [3.63, 3.8) is 0 Å². The van der Waals surface area contributed by atoms with E-state index < -0.39 is 11.7 Å². The van der Waals surface area contributed by atoms with Crippen LogP contribution in [0, 0.1) is 6.92 Å². The maximum Gasteiger partial charge on any atom is 0.416 e. The molecule has 0 fully saturated rings. The standard InChI is InChI=1S/C13H12ClF3N2S/c1-7-12(20-6-18-7)8(2)19-11-5-9(13(15,16)17)3-4-10(11)14/h3-6,8,19H,1-2H3. The van der Waals surface area contributed by atoms with Gasteiger partial charge in [0.25, 0.3) is 0 Å². The van der Waals surface area contributed by atoms with Crippen molar-refractivity contribution in [3.8, 4) is 0 Å². The van der Waals surface area contributed by atoms with Crippen LogP contribution in [0.4, 0.5) is 18.9 Å². The molecule has 108 valence electrons. The molecule has 2 nitrogen and oxygen atoms in total. The van der Waals surface area contributed by atoms with Gasteiger partial charge in [0, 0.05) is 4.88 Å². The summed E-state index contributed by atoms with van der Waals surface area (Å²) in [6, 6.07) is 3.08. The lowest BCUT2D eigenvalue weighted by Crippen LogP contribution is -2.09. The molecule has 1 aromatic heterocycles. The number of benzene rings is 1. The number of hydrogen-bond acceptors (Lipinski definition) is 3. The highest BCUT2D eigenvalue weighted by Crippen LogP contribution is 2.35. The van der Waals surface area contributed by atoms with Crippen molar-refractivity contribution in [2.24, 2.45) is 0 Å². The van der Waals surface area contributed by atoms with Crippen molar-refractivity contribution in [3.05, 3.63) is 44.9 Å². The summed E-state index contributed by atoms with van der Waals surface area (Å²) in [6.45, 7) is 3.72. The minimum Gasteiger partial charge on any atom is -0.376 e. The second kappa shape index (κ2) is 5.61. The second-order valence-electron chi connectivity index (χ2n) is 4.36. The van der Waals surface area contributed by atoms with E-state index in [1.165, 1.54) is 17.4 Å². The van der Waals surface area contributed by atoms with Gasteiger partial charge >= 0.3 is 6.18 Å². The zero-order chi connectivity index (χ0) is 14.9. The second-order valence-corrected chi connectivity index (χ2v) is 5.65. The maximum atomic E-state index is 12.7. The molecule has 1 atom stereocenters. The molecule has 1 heterocycles. The molecular weight excluding hydrogens is 309 g/mol. The molecule has 1 N–H and O–H groups in total. The van der Waals surface area contributed by atoms with Gasteiger partial charge in [0.1, 0.15) is 0 Å². The van der Waals surface area contributed by atoms with Crippen LogP contribution in [-0.2, 0) is 6.18 Å². The van der Waals surface area contributed by atoms with Gasteiger partial charge in [-0.1, -0.05) is 11.6 Å². The summed E-state index contributed by atoms with van der Waals surface area (Å²) in [5, 5.41) is 3.26. The average Bonchev–Trinajstić information content (AvgIpc) is 2.77. The van der Waals surface area contributed by atoms with Crippen molar-refractivity contribution in [2.75, 3.05) is 5.32 Å². The largest absolute Gasteiger partial charge is 0.416 e. The van der Waals surface area contributed by atoms with E-state index in [1.807, 2.05) is 13.8 Å². The number of anilines is 1. The van der Waals surface area contributed by atoms with Crippen LogP contribution in [0.15, 0.2) is 23.7 Å². The Labute approximate surface area is 123 Å². The average molecular weight is 321 g/mol. The van der Waals surface area contributed by atoms with E-state index in [1.54, 1.807) is 5.51 Å². The molecule has 0 aliphatic carbocycles. The molecule has 0 aliphatic rings. The van der Waals surface area contributed by atoms with Gasteiger partial charge in [0.15, 0.2) is 0 Å². The highest BCUT2D eigenvalue weighted by Gasteiger charge is 2.31. The normalized spacial score (nSPS) is 13.3. The molecule has 1 aromatic carbocycles. The van der Waals surface area contributed by atoms with E-state index in [-0.39, 0.29) is 16.8 Å². The Morgan fingerprint density at radius 3 is 2.60 bits per heavy atom. The smallest absolute Gasteiger partial charge is 0.376 e. The van der Waals surface area contributed by atoms with Gasteiger partial charge in [-0.15, -0.1) is 11.3 Å². The zero-order valence-corrected chi connectivity index (χ0v) is 12.3. The maximum absolute atomic E-state index is 12.7. The highest BCUT2D eigenvalue weighted by molar-refractivity contribution is 7.09. The van der Waals surface area contributed by atoms with Crippen molar-refractivity contribution < 1.29 is 13.2 Å². The minimum absolute atomic E-state index is 0.163. The van der Waals surface area contributed by atoms with Gasteiger partial charge in [-0.05, 0) is 32.0 Å². The van der Waals surface area contributed by atoms with E-state index >= 15 is 0 Å². The summed E-state index contributed by atoms with van der Waals surface area (Å²) in [7, 11) is 0. The minimum atomic E-state index is -4.38. The third-order valence-corrected chi connectivity index (χ3v) is 4.28. The Hall–Kier alpha value is -1.27. The van der Waals surface area contributed by atoms with Crippen molar-refractivity contribution in [1.82, 2.24) is 4.98 Å². The molecule has 0 radical (unpaired) electrons. The first-order chi connectivity index (χ1) is 9.29. The number of aromatic nitrogens is 1. The Bertz CT molecular complexity index is 610. The summed E-state index contributed by atoms with van der Waals surface area (Å²) in [5.74, 6) is 0. The van der Waals surface area contributed by atoms with Crippen LogP contribution in [0.2, 0.25) is 5.02 Å². The number of rotatable bonds is 3. The van der Waals surface area contributed by atoms with Crippen LogP contribution < -0.4 is 5.32 Å². The van der Waals surface area contributed by atoms with Crippen LogP contribution in [0.1, 0.15) is 29.1 Å². The molecule has 0 spiro atoms. The summed E-state index contributed by atoms with van der Waals surface area (Å²) in [5.41, 5.74) is 2.11. The van der Waals surface area contributed by atoms with Crippen LogP contribution in [0.5, 0.6) is 0 Å². The molecule has 0 bridgehead atoms. The van der Waals surface area contributed by atoms with Crippen LogP contribution in [-0.4, -0.2) is 4.98 Å². The molecule has 20 heavy (non-hydrogen) atoms. The van der Waals surface area contributed by atoms with E-state index in [9.17, 15) is 13.2 Å². The molecule has 7 heteroatoms. The quantitative estimate of drug-likeness (QED) is 0.830. The Morgan fingerprint density at radius 2 is 2.05 bits per heavy atom. The van der Waals surface area contributed by atoms with E-state index in [2.05, 4.69) is 10.3 Å². The molecule has 0 saturated heterocycles. The molecule has 2 aromatic rings. The first kappa shape index (κ1) is 15.1. The zero-order valence-electron chi connectivity index (χ0n) is 10.8. The fourth-order valence-corrected chi connectivity index (χ4v) is 2.82. The fraction of sp³-hybridized carbons (Fsp3) is 0.308. The van der Waals surface area contributed by atoms with Gasteiger partial charge in [-0.3, -0.25) is 0 Å². The fourth-order valence-electron chi connectivity index (χ4n) is 1.84. The lowest BCUT2D eigenvalue weighted by molar-refractivity contribution is -0.137. The lowest BCUT2D eigenvalue weighted by Gasteiger charge is -2.17. The Morgan fingerprint density at radius 1 is 1.35 bits per heavy atom. The number of alkyl halides is 3. The summed E-state index contributed by atoms with van der Waals surface area (Å²) >= 11 is 7.40. The third-order valence-electron chi connectivity index (χ3n) is 2.84. The van der Waals surface area contributed by atoms with E-state index in [4.69, 9.17) is 11.6 Å². The summed E-state index contributed by atoms with van der Waals surface area (Å²) in [6.07, 6.45) is -4.38. The Balaban J connectivity index is 2.27. The number of thiazole rings is 1. The van der Waals surface area contributed by atoms with Gasteiger partial charge in [-0.25, -0.2) is 4.98 Å². The van der Waals surface area contributed by atoms with Gasteiger partial charge in [0.05, 0.1) is 33.5 Å². The molecule has 2 rings (SSSR count). The molecular formula is C13H12ClF3N2S. The highest BCUT2D eigenvalue weighted by atomic mass is 35.5. The van der Waals surface area contributed by atoms with Gasteiger partial charge in [-0.2, -0.15) is 13.2 Å². The first-order valence-electron chi connectivity index (χ1n) is 5.82. The van der Waals surface area contributed by atoms with Crippen molar-refractivity contribution >= 4 is 28.6 Å². The predicted octanol–water partition coefficient (Wildman–Crippen LogP) is 5.30. The van der Waals surface area contributed by atoms with Gasteiger partial charge in [0.2, 0.25) is 0 Å². The summed E-state index contributed by atoms with van der Waals surface area (Å²) < 4.78 is 38.1. The molecule has 0 amide bonds. The number of nitrogens with zero attached hydrogens (tertiary/aromatic N) is 1. The van der Waals surface area contributed by atoms with Crippen LogP contribution in [0.3, 0.4) is 0 Å². The van der Waals surface area contributed by atoms with Crippen molar-refractivity contribution in [2.45, 2.75) is 26.1 Å². The third kappa shape index (κ3) is 3.24. The van der Waals surface area contributed by atoms with Crippen LogP contribution >= 0.6 is 22.9 Å². The number of hydrogen-bond donors (Lipinski definition) is 1. The molecule has 0 aliphatic heterocycles. The van der Waals surface area contributed by atoms with E-state index in [0.717, 1.165) is 22.7 Å². The topological polar surface area (TPSA) is 24.9 Å². The monoisotopic (exact) mass is 320 g/mol. The van der Waals surface area contributed by atoms with Crippen molar-refractivity contribution in [1.29, 1.82) is 0 Å². The van der Waals surface area contributed by atoms with Gasteiger partial charge < -0.3 is 5.32 Å². The Kier molecular flexibility index (Phi) is 4.25. The lowest BCUT2D eigenvalue weighted by atomic mass is 10.1. The predicted molar refractivity (Wildman–Crippen MR) is 75.3 cm³/mol. The molecule has 0 saturated carbocycles.